The van der Waals surface area contributed by atoms with Crippen molar-refractivity contribution in [2.75, 3.05) is 0 Å². The number of halogens is 2. The van der Waals surface area contributed by atoms with E-state index in [2.05, 4.69) is 6.58 Å². The van der Waals surface area contributed by atoms with E-state index in [-0.39, 0.29) is 10.8 Å². The van der Waals surface area contributed by atoms with Crippen molar-refractivity contribution in [2.24, 2.45) is 5.92 Å². The second-order valence-electron chi connectivity index (χ2n) is 4.53. The maximum Gasteiger partial charge on any atom is 0.141 e. The van der Waals surface area contributed by atoms with Crippen LogP contribution in [0.3, 0.4) is 0 Å². The molecule has 0 spiro atoms. The van der Waals surface area contributed by atoms with Gasteiger partial charge in [0.25, 0.3) is 0 Å². The van der Waals surface area contributed by atoms with Crippen LogP contribution in [0.2, 0.25) is 5.02 Å². The number of rotatable bonds is 2. The number of hydrogen-bond acceptors (Lipinski definition) is 0. The fourth-order valence-corrected chi connectivity index (χ4v) is 2.70. The van der Waals surface area contributed by atoms with Crippen LogP contribution in [0.25, 0.3) is 0 Å². The molecule has 0 amide bonds. The topological polar surface area (TPSA) is 0 Å². The lowest BCUT2D eigenvalue weighted by Crippen LogP contribution is -2.12. The molecule has 0 saturated heterocycles. The Morgan fingerprint density at radius 2 is 2.19 bits per heavy atom. The van der Waals surface area contributed by atoms with Crippen LogP contribution in [0.5, 0.6) is 0 Å². The molecule has 0 aliphatic heterocycles. The molecule has 0 N–H and O–H groups in total. The van der Waals surface area contributed by atoms with E-state index in [1.54, 1.807) is 6.07 Å². The summed E-state index contributed by atoms with van der Waals surface area (Å²) >= 11 is 5.81. The molecule has 2 rings (SSSR count). The van der Waals surface area contributed by atoms with Gasteiger partial charge in [-0.25, -0.2) is 4.39 Å². The molecule has 1 aromatic carbocycles. The van der Waals surface area contributed by atoms with Crippen LogP contribution < -0.4 is 0 Å². The summed E-state index contributed by atoms with van der Waals surface area (Å²) < 4.78 is 13.1. The van der Waals surface area contributed by atoms with Gasteiger partial charge in [0.2, 0.25) is 0 Å². The first-order chi connectivity index (χ1) is 7.70. The van der Waals surface area contributed by atoms with Gasteiger partial charge in [0.05, 0.1) is 5.02 Å². The van der Waals surface area contributed by atoms with Gasteiger partial charge < -0.3 is 0 Å². The van der Waals surface area contributed by atoms with Crippen molar-refractivity contribution in [1.82, 2.24) is 0 Å². The Morgan fingerprint density at radius 1 is 1.38 bits per heavy atom. The van der Waals surface area contributed by atoms with Gasteiger partial charge in [-0.05, 0) is 48.8 Å². The van der Waals surface area contributed by atoms with Crippen molar-refractivity contribution in [1.29, 1.82) is 0 Å². The Hall–Kier alpha value is -0.820. The maximum absolute atomic E-state index is 13.1. The lowest BCUT2D eigenvalue weighted by molar-refractivity contribution is 0.373. The number of allylic oxidation sites excluding steroid dienone is 1. The van der Waals surface area contributed by atoms with E-state index >= 15 is 0 Å². The van der Waals surface area contributed by atoms with Gasteiger partial charge >= 0.3 is 0 Å². The summed E-state index contributed by atoms with van der Waals surface area (Å²) in [5.41, 5.74) is 1.16. The van der Waals surface area contributed by atoms with E-state index in [4.69, 9.17) is 11.6 Å². The van der Waals surface area contributed by atoms with Crippen LogP contribution in [0, 0.1) is 11.7 Å². The van der Waals surface area contributed by atoms with Gasteiger partial charge in [-0.2, -0.15) is 0 Å². The van der Waals surface area contributed by atoms with E-state index in [1.807, 2.05) is 12.1 Å². The fraction of sp³-hybridized carbons (Fsp3) is 0.429. The van der Waals surface area contributed by atoms with E-state index in [0.717, 1.165) is 12.0 Å². The molecule has 1 aromatic rings. The Balaban J connectivity index is 2.16. The summed E-state index contributed by atoms with van der Waals surface area (Å²) in [4.78, 5) is 0. The third kappa shape index (κ3) is 2.46. The molecular weight excluding hydrogens is 223 g/mol. The normalized spacial score (nSPS) is 25.4. The zero-order chi connectivity index (χ0) is 11.5. The van der Waals surface area contributed by atoms with Crippen LogP contribution in [0.4, 0.5) is 4.39 Å². The molecule has 1 saturated carbocycles. The molecule has 0 nitrogen and oxygen atoms in total. The molecule has 0 radical (unpaired) electrons. The highest BCUT2D eigenvalue weighted by molar-refractivity contribution is 6.30. The predicted molar refractivity (Wildman–Crippen MR) is 66.3 cm³/mol. The van der Waals surface area contributed by atoms with Crippen molar-refractivity contribution >= 4 is 11.6 Å². The highest BCUT2D eigenvalue weighted by atomic mass is 35.5. The van der Waals surface area contributed by atoms with Crippen molar-refractivity contribution in [2.45, 2.75) is 31.6 Å². The Labute approximate surface area is 101 Å². The molecule has 0 aromatic heterocycles. The second-order valence-corrected chi connectivity index (χ2v) is 4.94. The van der Waals surface area contributed by atoms with Crippen LogP contribution in [0.1, 0.15) is 37.2 Å². The lowest BCUT2D eigenvalue weighted by Gasteiger charge is -2.27. The minimum atomic E-state index is -0.332. The molecule has 2 atom stereocenters. The monoisotopic (exact) mass is 238 g/mol. The molecule has 1 aliphatic rings. The summed E-state index contributed by atoms with van der Waals surface area (Å²) in [5, 5.41) is 0.234. The van der Waals surface area contributed by atoms with Crippen LogP contribution in [-0.4, -0.2) is 0 Å². The summed E-state index contributed by atoms with van der Waals surface area (Å²) in [6.45, 7) is 3.86. The van der Waals surface area contributed by atoms with Crippen LogP contribution in [-0.2, 0) is 0 Å². The Kier molecular flexibility index (Phi) is 3.65. The molecule has 0 heterocycles. The second kappa shape index (κ2) is 5.01. The summed E-state index contributed by atoms with van der Waals surface area (Å²) in [6.07, 6.45) is 6.78. The maximum atomic E-state index is 13.1. The average molecular weight is 239 g/mol. The largest absolute Gasteiger partial charge is 0.205 e. The molecule has 2 unspecified atom stereocenters. The van der Waals surface area contributed by atoms with Crippen molar-refractivity contribution in [3.8, 4) is 0 Å². The standard InChI is InChI=1S/C14H16ClF/c1-2-10-4-3-5-11(8-10)12-6-7-14(16)13(15)9-12/h2,6-7,9-11H,1,3-5,8H2. The molecule has 1 fully saturated rings. The Morgan fingerprint density at radius 3 is 2.88 bits per heavy atom. The van der Waals surface area contributed by atoms with Crippen LogP contribution >= 0.6 is 11.6 Å². The fourth-order valence-electron chi connectivity index (χ4n) is 2.51. The van der Waals surface area contributed by atoms with Crippen molar-refractivity contribution in [3.05, 3.63) is 47.3 Å². The van der Waals surface area contributed by atoms with E-state index in [0.29, 0.717) is 11.8 Å². The van der Waals surface area contributed by atoms with Gasteiger partial charge in [-0.1, -0.05) is 30.2 Å². The van der Waals surface area contributed by atoms with Gasteiger partial charge in [0.1, 0.15) is 5.82 Å². The summed E-state index contributed by atoms with van der Waals surface area (Å²) in [7, 11) is 0. The summed E-state index contributed by atoms with van der Waals surface area (Å²) in [5.74, 6) is 0.777. The molecule has 1 aliphatic carbocycles. The quantitative estimate of drug-likeness (QED) is 0.641. The van der Waals surface area contributed by atoms with E-state index in [1.165, 1.54) is 25.3 Å². The predicted octanol–water partition coefficient (Wildman–Crippen LogP) is 4.94. The van der Waals surface area contributed by atoms with Gasteiger partial charge in [0.15, 0.2) is 0 Å². The number of benzene rings is 1. The molecule has 86 valence electrons. The minimum absolute atomic E-state index is 0.234. The highest BCUT2D eigenvalue weighted by Crippen LogP contribution is 2.37. The molecule has 0 bridgehead atoms. The van der Waals surface area contributed by atoms with Crippen LogP contribution in [0.15, 0.2) is 30.9 Å². The third-order valence-electron chi connectivity index (χ3n) is 3.46. The third-order valence-corrected chi connectivity index (χ3v) is 3.75. The molecule has 2 heteroatoms. The van der Waals surface area contributed by atoms with Crippen molar-refractivity contribution < 1.29 is 4.39 Å². The van der Waals surface area contributed by atoms with E-state index < -0.39 is 0 Å². The minimum Gasteiger partial charge on any atom is -0.205 e. The zero-order valence-electron chi connectivity index (χ0n) is 9.26. The van der Waals surface area contributed by atoms with Gasteiger partial charge in [0, 0.05) is 0 Å². The highest BCUT2D eigenvalue weighted by Gasteiger charge is 2.21. The van der Waals surface area contributed by atoms with Gasteiger partial charge in [-0.15, -0.1) is 6.58 Å². The van der Waals surface area contributed by atoms with Gasteiger partial charge in [-0.3, -0.25) is 0 Å². The SMILES string of the molecule is C=CC1CCCC(c2ccc(F)c(Cl)c2)C1. The van der Waals surface area contributed by atoms with E-state index in [9.17, 15) is 4.39 Å². The molecular formula is C14H16ClF. The Bertz CT molecular complexity index is 386. The lowest BCUT2D eigenvalue weighted by atomic mass is 9.78. The first-order valence-electron chi connectivity index (χ1n) is 5.78. The average Bonchev–Trinajstić information content (AvgIpc) is 2.33. The number of hydrogen-bond donors (Lipinski definition) is 0. The first-order valence-corrected chi connectivity index (χ1v) is 6.16. The smallest absolute Gasteiger partial charge is 0.141 e. The summed E-state index contributed by atoms with van der Waals surface area (Å²) in [6, 6.07) is 5.10. The zero-order valence-corrected chi connectivity index (χ0v) is 10.0. The van der Waals surface area contributed by atoms with Crippen molar-refractivity contribution in [3.63, 3.8) is 0 Å². The first kappa shape index (κ1) is 11.7. The molecule has 16 heavy (non-hydrogen) atoms.